The van der Waals surface area contributed by atoms with Crippen molar-refractivity contribution < 1.29 is 4.79 Å². The van der Waals surface area contributed by atoms with Crippen molar-refractivity contribution in [3.63, 3.8) is 0 Å². The number of nitrogens with one attached hydrogen (secondary N) is 1. The Morgan fingerprint density at radius 2 is 1.75 bits per heavy atom. The van der Waals surface area contributed by atoms with E-state index in [4.69, 9.17) is 0 Å². The summed E-state index contributed by atoms with van der Waals surface area (Å²) < 4.78 is 0. The zero-order valence-corrected chi connectivity index (χ0v) is 13.0. The fraction of sp³-hybridized carbons (Fsp3) is 0.882. The van der Waals surface area contributed by atoms with Gasteiger partial charge in [-0.1, -0.05) is 46.0 Å². The van der Waals surface area contributed by atoms with Crippen LogP contribution in [-0.2, 0) is 4.79 Å². The maximum absolute atomic E-state index is 12.6. The third-order valence-corrected chi connectivity index (χ3v) is 5.15. The minimum atomic E-state index is -0.752. The highest BCUT2D eigenvalue weighted by molar-refractivity contribution is 5.85. The third kappa shape index (κ3) is 3.53. The Bertz CT molecular complexity index is 386. The zero-order valence-electron chi connectivity index (χ0n) is 13.0. The van der Waals surface area contributed by atoms with E-state index in [2.05, 4.69) is 25.2 Å². The highest BCUT2D eigenvalue weighted by Gasteiger charge is 2.40. The Balaban J connectivity index is 2.00. The Kier molecular flexibility index (Phi) is 4.73. The topological polar surface area (TPSA) is 52.9 Å². The number of hydrogen-bond acceptors (Lipinski definition) is 2. The van der Waals surface area contributed by atoms with E-state index in [-0.39, 0.29) is 11.9 Å². The van der Waals surface area contributed by atoms with Crippen LogP contribution < -0.4 is 5.32 Å². The maximum atomic E-state index is 12.6. The number of nitrogens with zero attached hydrogens (tertiary/aromatic N) is 1. The van der Waals surface area contributed by atoms with Gasteiger partial charge in [0.15, 0.2) is 0 Å². The predicted octanol–water partition coefficient (Wildman–Crippen LogP) is 3.94. The van der Waals surface area contributed by atoms with Crippen LogP contribution in [0.1, 0.15) is 78.1 Å². The van der Waals surface area contributed by atoms with Crippen molar-refractivity contribution in [2.24, 2.45) is 10.8 Å². The Labute approximate surface area is 123 Å². The van der Waals surface area contributed by atoms with Gasteiger partial charge >= 0.3 is 0 Å². The van der Waals surface area contributed by atoms with Gasteiger partial charge < -0.3 is 5.32 Å². The average Bonchev–Trinajstić information content (AvgIpc) is 2.63. The summed E-state index contributed by atoms with van der Waals surface area (Å²) in [6.07, 6.45) is 10.3. The highest BCUT2D eigenvalue weighted by atomic mass is 16.2. The van der Waals surface area contributed by atoms with Crippen LogP contribution in [0.5, 0.6) is 0 Å². The van der Waals surface area contributed by atoms with E-state index in [0.717, 1.165) is 51.4 Å². The molecule has 0 spiro atoms. The smallest absolute Gasteiger partial charge is 0.240 e. The highest BCUT2D eigenvalue weighted by Crippen LogP contribution is 2.38. The van der Waals surface area contributed by atoms with Gasteiger partial charge in [0.2, 0.25) is 5.91 Å². The molecule has 0 aromatic carbocycles. The summed E-state index contributed by atoms with van der Waals surface area (Å²) >= 11 is 0. The molecular weight excluding hydrogens is 248 g/mol. The Morgan fingerprint density at radius 1 is 1.10 bits per heavy atom. The van der Waals surface area contributed by atoms with Gasteiger partial charge in [-0.2, -0.15) is 5.26 Å². The summed E-state index contributed by atoms with van der Waals surface area (Å²) in [5.74, 6) is 0.00426. The molecule has 2 fully saturated rings. The molecule has 0 aromatic rings. The number of amides is 1. The summed E-state index contributed by atoms with van der Waals surface area (Å²) in [6.45, 7) is 4.55. The van der Waals surface area contributed by atoms with Crippen molar-refractivity contribution in [3.05, 3.63) is 0 Å². The van der Waals surface area contributed by atoms with Crippen LogP contribution in [0.4, 0.5) is 0 Å². The quantitative estimate of drug-likeness (QED) is 0.777. The molecule has 0 heterocycles. The Morgan fingerprint density at radius 3 is 2.30 bits per heavy atom. The molecule has 0 radical (unpaired) electrons. The molecule has 112 valence electrons. The molecule has 1 amide bonds. The standard InChI is InChI=1S/C17H28N2O/c1-16(2)9-7-8-14(12-16)19-15(20)17(13-18)10-5-3-4-6-11-17/h14H,3-12H2,1-2H3,(H,19,20). The van der Waals surface area contributed by atoms with Gasteiger partial charge in [0.25, 0.3) is 0 Å². The van der Waals surface area contributed by atoms with E-state index in [0.29, 0.717) is 5.41 Å². The minimum absolute atomic E-state index is 0.00426. The summed E-state index contributed by atoms with van der Waals surface area (Å²) in [5, 5.41) is 12.8. The summed E-state index contributed by atoms with van der Waals surface area (Å²) in [5.41, 5.74) is -0.433. The molecule has 2 aliphatic rings. The van der Waals surface area contributed by atoms with Crippen molar-refractivity contribution in [2.45, 2.75) is 84.1 Å². The first-order valence-electron chi connectivity index (χ1n) is 8.20. The monoisotopic (exact) mass is 276 g/mol. The molecule has 3 nitrogen and oxygen atoms in total. The van der Waals surface area contributed by atoms with Crippen LogP contribution in [0.3, 0.4) is 0 Å². The maximum Gasteiger partial charge on any atom is 0.240 e. The SMILES string of the molecule is CC1(C)CCCC(NC(=O)C2(C#N)CCCCCC2)C1. The number of nitriles is 1. The van der Waals surface area contributed by atoms with Gasteiger partial charge in [-0.05, 0) is 37.5 Å². The van der Waals surface area contributed by atoms with Crippen molar-refractivity contribution in [1.82, 2.24) is 5.32 Å². The molecular formula is C17H28N2O. The van der Waals surface area contributed by atoms with Crippen molar-refractivity contribution in [3.8, 4) is 6.07 Å². The lowest BCUT2D eigenvalue weighted by Crippen LogP contribution is -2.47. The first kappa shape index (κ1) is 15.4. The molecule has 1 N–H and O–H groups in total. The van der Waals surface area contributed by atoms with E-state index >= 15 is 0 Å². The van der Waals surface area contributed by atoms with Gasteiger partial charge in [-0.15, -0.1) is 0 Å². The predicted molar refractivity (Wildman–Crippen MR) is 79.9 cm³/mol. The van der Waals surface area contributed by atoms with Crippen molar-refractivity contribution in [2.75, 3.05) is 0 Å². The molecule has 2 aliphatic carbocycles. The molecule has 1 atom stereocenters. The van der Waals surface area contributed by atoms with Gasteiger partial charge in [-0.3, -0.25) is 4.79 Å². The fourth-order valence-electron chi connectivity index (χ4n) is 3.87. The lowest BCUT2D eigenvalue weighted by Gasteiger charge is -2.37. The Hall–Kier alpha value is -1.04. The van der Waals surface area contributed by atoms with Crippen LogP contribution in [0, 0.1) is 22.2 Å². The van der Waals surface area contributed by atoms with E-state index in [9.17, 15) is 10.1 Å². The first-order chi connectivity index (χ1) is 9.47. The van der Waals surface area contributed by atoms with Crippen molar-refractivity contribution in [1.29, 1.82) is 5.26 Å². The van der Waals surface area contributed by atoms with Crippen LogP contribution in [0.15, 0.2) is 0 Å². The van der Waals surface area contributed by atoms with Gasteiger partial charge in [-0.25, -0.2) is 0 Å². The molecule has 2 rings (SSSR count). The lowest BCUT2D eigenvalue weighted by molar-refractivity contribution is -0.130. The second-order valence-electron chi connectivity index (χ2n) is 7.54. The molecule has 0 saturated heterocycles. The fourth-order valence-corrected chi connectivity index (χ4v) is 3.87. The van der Waals surface area contributed by atoms with E-state index in [1.807, 2.05) is 0 Å². The third-order valence-electron chi connectivity index (χ3n) is 5.15. The summed E-state index contributed by atoms with van der Waals surface area (Å²) in [7, 11) is 0. The van der Waals surface area contributed by atoms with Crippen LogP contribution in [0.25, 0.3) is 0 Å². The average molecular weight is 276 g/mol. The minimum Gasteiger partial charge on any atom is -0.352 e. The second kappa shape index (κ2) is 6.16. The molecule has 3 heteroatoms. The van der Waals surface area contributed by atoms with Crippen LogP contribution >= 0.6 is 0 Å². The van der Waals surface area contributed by atoms with E-state index in [1.54, 1.807) is 0 Å². The second-order valence-corrected chi connectivity index (χ2v) is 7.54. The normalized spacial score (nSPS) is 28.9. The summed E-state index contributed by atoms with van der Waals surface area (Å²) in [4.78, 5) is 12.6. The molecule has 1 unspecified atom stereocenters. The number of rotatable bonds is 2. The first-order valence-corrected chi connectivity index (χ1v) is 8.20. The van der Waals surface area contributed by atoms with Gasteiger partial charge in [0.1, 0.15) is 5.41 Å². The van der Waals surface area contributed by atoms with Crippen LogP contribution in [-0.4, -0.2) is 11.9 Å². The number of hydrogen-bond donors (Lipinski definition) is 1. The molecule has 0 aliphatic heterocycles. The number of carbonyl (C=O) groups excluding carboxylic acids is 1. The van der Waals surface area contributed by atoms with Gasteiger partial charge in [0, 0.05) is 6.04 Å². The summed E-state index contributed by atoms with van der Waals surface area (Å²) in [6, 6.07) is 2.62. The molecule has 0 aromatic heterocycles. The van der Waals surface area contributed by atoms with Crippen molar-refractivity contribution >= 4 is 5.91 Å². The molecule has 0 bridgehead atoms. The van der Waals surface area contributed by atoms with E-state index < -0.39 is 5.41 Å². The van der Waals surface area contributed by atoms with E-state index in [1.165, 1.54) is 12.8 Å². The van der Waals surface area contributed by atoms with Gasteiger partial charge in [0.05, 0.1) is 6.07 Å². The molecule has 2 saturated carbocycles. The zero-order chi connectivity index (χ0) is 14.6. The lowest BCUT2D eigenvalue weighted by atomic mass is 9.74. The number of carbonyl (C=O) groups is 1. The largest absolute Gasteiger partial charge is 0.352 e. The van der Waals surface area contributed by atoms with Crippen LogP contribution in [0.2, 0.25) is 0 Å². The molecule has 20 heavy (non-hydrogen) atoms.